The van der Waals surface area contributed by atoms with Crippen LogP contribution >= 0.6 is 0 Å². The molecule has 0 aliphatic heterocycles. The molecule has 2 rings (SSSR count). The van der Waals surface area contributed by atoms with E-state index in [0.717, 1.165) is 37.2 Å². The highest BCUT2D eigenvalue weighted by Crippen LogP contribution is 2.25. The third kappa shape index (κ3) is 3.10. The van der Waals surface area contributed by atoms with Gasteiger partial charge in [-0.2, -0.15) is 0 Å². The molecule has 5 heteroatoms. The summed E-state index contributed by atoms with van der Waals surface area (Å²) >= 11 is 0. The Kier molecular flexibility index (Phi) is 4.36. The van der Waals surface area contributed by atoms with Crippen LogP contribution in [0.15, 0.2) is 6.33 Å². The molecule has 100 valence electrons. The van der Waals surface area contributed by atoms with Gasteiger partial charge in [-0.25, -0.2) is 9.97 Å². The number of nitrogens with zero attached hydrogens (tertiary/aromatic N) is 2. The lowest BCUT2D eigenvalue weighted by atomic mass is 9.87. The molecule has 1 heterocycles. The summed E-state index contributed by atoms with van der Waals surface area (Å²) in [4.78, 5) is 8.28. The van der Waals surface area contributed by atoms with Crippen molar-refractivity contribution in [1.29, 1.82) is 0 Å². The lowest BCUT2D eigenvalue weighted by Gasteiger charge is -2.26. The van der Waals surface area contributed by atoms with Crippen LogP contribution in [0.2, 0.25) is 0 Å². The van der Waals surface area contributed by atoms with Gasteiger partial charge in [0.15, 0.2) is 0 Å². The maximum absolute atomic E-state index is 9.64. The van der Waals surface area contributed by atoms with Gasteiger partial charge in [-0.3, -0.25) is 0 Å². The fraction of sp³-hybridized carbons (Fsp3) is 0.692. The Hall–Kier alpha value is -1.36. The molecule has 1 aromatic heterocycles. The second kappa shape index (κ2) is 6.00. The van der Waals surface area contributed by atoms with Crippen LogP contribution in [0.25, 0.3) is 0 Å². The number of hydrogen-bond acceptors (Lipinski definition) is 5. The fourth-order valence-corrected chi connectivity index (χ4v) is 2.51. The van der Waals surface area contributed by atoms with Gasteiger partial charge in [-0.15, -0.1) is 0 Å². The number of ether oxygens (including phenoxy) is 1. The number of anilines is 1. The molecule has 1 aliphatic rings. The number of aromatic nitrogens is 2. The Morgan fingerprint density at radius 1 is 1.44 bits per heavy atom. The average molecular weight is 251 g/mol. The normalized spacial score (nSPS) is 23.7. The fourth-order valence-electron chi connectivity index (χ4n) is 2.51. The second-order valence-electron chi connectivity index (χ2n) is 4.92. The molecule has 0 amide bonds. The Labute approximate surface area is 108 Å². The number of aliphatic hydroxyl groups excluding tert-OH is 1. The predicted molar refractivity (Wildman–Crippen MR) is 69.8 cm³/mol. The van der Waals surface area contributed by atoms with Crippen molar-refractivity contribution in [2.24, 2.45) is 5.92 Å². The Morgan fingerprint density at radius 3 is 3.00 bits per heavy atom. The molecule has 0 bridgehead atoms. The van der Waals surface area contributed by atoms with Crippen molar-refractivity contribution in [2.75, 3.05) is 19.0 Å². The van der Waals surface area contributed by atoms with Gasteiger partial charge >= 0.3 is 0 Å². The molecule has 18 heavy (non-hydrogen) atoms. The van der Waals surface area contributed by atoms with Crippen LogP contribution in [0.3, 0.4) is 0 Å². The van der Waals surface area contributed by atoms with Crippen LogP contribution in [-0.2, 0) is 0 Å². The highest BCUT2D eigenvalue weighted by atomic mass is 16.5. The molecule has 2 N–H and O–H groups in total. The molecular weight excluding hydrogens is 230 g/mol. The molecule has 0 radical (unpaired) electrons. The van der Waals surface area contributed by atoms with Crippen molar-refractivity contribution >= 4 is 5.82 Å². The predicted octanol–water partition coefficient (Wildman–Crippen LogP) is 1.76. The lowest BCUT2D eigenvalue weighted by molar-refractivity contribution is 0.104. The van der Waals surface area contributed by atoms with Crippen LogP contribution in [-0.4, -0.2) is 34.8 Å². The van der Waals surface area contributed by atoms with E-state index in [4.69, 9.17) is 4.74 Å². The van der Waals surface area contributed by atoms with E-state index in [1.54, 1.807) is 7.11 Å². The van der Waals surface area contributed by atoms with E-state index in [0.29, 0.717) is 11.8 Å². The van der Waals surface area contributed by atoms with Gasteiger partial charge in [0.2, 0.25) is 5.88 Å². The number of aliphatic hydroxyl groups is 1. The zero-order valence-corrected chi connectivity index (χ0v) is 11.0. The molecule has 1 aliphatic carbocycles. The first kappa shape index (κ1) is 13.1. The number of rotatable bonds is 4. The zero-order valence-electron chi connectivity index (χ0n) is 11.0. The molecule has 2 atom stereocenters. The first-order chi connectivity index (χ1) is 8.70. The van der Waals surface area contributed by atoms with Crippen LogP contribution in [0, 0.1) is 12.8 Å². The van der Waals surface area contributed by atoms with Crippen molar-refractivity contribution < 1.29 is 9.84 Å². The topological polar surface area (TPSA) is 67.3 Å². The quantitative estimate of drug-likeness (QED) is 0.853. The monoisotopic (exact) mass is 251 g/mol. The van der Waals surface area contributed by atoms with Crippen LogP contribution < -0.4 is 10.1 Å². The minimum Gasteiger partial charge on any atom is -0.481 e. The maximum atomic E-state index is 9.64. The molecule has 0 spiro atoms. The van der Waals surface area contributed by atoms with Crippen molar-refractivity contribution in [3.63, 3.8) is 0 Å². The minimum absolute atomic E-state index is 0.133. The van der Waals surface area contributed by atoms with E-state index in [1.165, 1.54) is 12.7 Å². The molecule has 1 saturated carbocycles. The summed E-state index contributed by atoms with van der Waals surface area (Å²) in [6, 6.07) is 0. The summed E-state index contributed by atoms with van der Waals surface area (Å²) in [5.74, 6) is 1.95. The number of methoxy groups -OCH3 is 1. The molecular formula is C13H21N3O2. The van der Waals surface area contributed by atoms with Gasteiger partial charge < -0.3 is 15.2 Å². The van der Waals surface area contributed by atoms with Gasteiger partial charge in [0, 0.05) is 6.54 Å². The first-order valence-electron chi connectivity index (χ1n) is 6.48. The standard InChI is InChI=1S/C13H21N3O2/c1-9-12(15-8-16-13(9)18-2)14-7-10-4-3-5-11(17)6-10/h8,10-11,17H,3-7H2,1-2H3,(H,14,15,16). The number of nitrogens with one attached hydrogen (secondary N) is 1. The minimum atomic E-state index is -0.133. The number of hydrogen-bond donors (Lipinski definition) is 2. The molecule has 1 fully saturated rings. The third-order valence-electron chi connectivity index (χ3n) is 3.54. The van der Waals surface area contributed by atoms with Gasteiger partial charge in [0.05, 0.1) is 18.8 Å². The molecule has 1 aromatic rings. The Bertz CT molecular complexity index is 398. The van der Waals surface area contributed by atoms with Crippen LogP contribution in [0.1, 0.15) is 31.2 Å². The third-order valence-corrected chi connectivity index (χ3v) is 3.54. The Morgan fingerprint density at radius 2 is 2.28 bits per heavy atom. The smallest absolute Gasteiger partial charge is 0.221 e. The summed E-state index contributed by atoms with van der Waals surface area (Å²) in [6.07, 6.45) is 5.48. The second-order valence-corrected chi connectivity index (χ2v) is 4.92. The largest absolute Gasteiger partial charge is 0.481 e. The zero-order chi connectivity index (χ0) is 13.0. The first-order valence-corrected chi connectivity index (χ1v) is 6.48. The summed E-state index contributed by atoms with van der Waals surface area (Å²) in [5.41, 5.74) is 0.927. The van der Waals surface area contributed by atoms with E-state index < -0.39 is 0 Å². The highest BCUT2D eigenvalue weighted by molar-refractivity contribution is 5.47. The van der Waals surface area contributed by atoms with E-state index >= 15 is 0 Å². The average Bonchev–Trinajstić information content (AvgIpc) is 2.38. The van der Waals surface area contributed by atoms with E-state index in [9.17, 15) is 5.11 Å². The summed E-state index contributed by atoms with van der Waals surface area (Å²) in [5, 5.41) is 13.0. The summed E-state index contributed by atoms with van der Waals surface area (Å²) in [7, 11) is 1.61. The van der Waals surface area contributed by atoms with Gasteiger partial charge in [0.25, 0.3) is 0 Å². The van der Waals surface area contributed by atoms with E-state index in [-0.39, 0.29) is 6.10 Å². The van der Waals surface area contributed by atoms with Crippen LogP contribution in [0.4, 0.5) is 5.82 Å². The van der Waals surface area contributed by atoms with Crippen molar-refractivity contribution in [3.05, 3.63) is 11.9 Å². The highest BCUT2D eigenvalue weighted by Gasteiger charge is 2.20. The van der Waals surface area contributed by atoms with Crippen LogP contribution in [0.5, 0.6) is 5.88 Å². The summed E-state index contributed by atoms with van der Waals surface area (Å²) < 4.78 is 5.16. The molecule has 2 unspecified atom stereocenters. The van der Waals surface area contributed by atoms with E-state index in [1.807, 2.05) is 6.92 Å². The Balaban J connectivity index is 1.93. The van der Waals surface area contributed by atoms with E-state index in [2.05, 4.69) is 15.3 Å². The van der Waals surface area contributed by atoms with Crippen molar-refractivity contribution in [3.8, 4) is 5.88 Å². The van der Waals surface area contributed by atoms with Gasteiger partial charge in [0.1, 0.15) is 12.1 Å². The van der Waals surface area contributed by atoms with Gasteiger partial charge in [-0.05, 0) is 32.1 Å². The van der Waals surface area contributed by atoms with Crippen molar-refractivity contribution in [1.82, 2.24) is 9.97 Å². The van der Waals surface area contributed by atoms with Crippen molar-refractivity contribution in [2.45, 2.75) is 38.7 Å². The lowest BCUT2D eigenvalue weighted by Crippen LogP contribution is -2.25. The summed E-state index contributed by atoms with van der Waals surface area (Å²) in [6.45, 7) is 2.79. The molecule has 0 aromatic carbocycles. The molecule has 0 saturated heterocycles. The van der Waals surface area contributed by atoms with Gasteiger partial charge in [-0.1, -0.05) is 6.42 Å². The SMILES string of the molecule is COc1ncnc(NCC2CCCC(O)C2)c1C. The maximum Gasteiger partial charge on any atom is 0.221 e. The molecule has 5 nitrogen and oxygen atoms in total.